The van der Waals surface area contributed by atoms with Gasteiger partial charge in [-0.1, -0.05) is 11.6 Å². The minimum Gasteiger partial charge on any atom is -0.356 e. The van der Waals surface area contributed by atoms with Gasteiger partial charge in [-0.3, -0.25) is 0 Å². The summed E-state index contributed by atoms with van der Waals surface area (Å²) in [5, 5.41) is -0.148. The molecule has 2 rings (SSSR count). The van der Waals surface area contributed by atoms with Gasteiger partial charge in [0, 0.05) is 13.1 Å². The molecule has 1 aliphatic rings. The molecule has 3 nitrogen and oxygen atoms in total. The molecule has 0 aliphatic carbocycles. The number of halogens is 3. The maximum atomic E-state index is 12.9. The average molecular weight is 248 g/mol. The van der Waals surface area contributed by atoms with Crippen LogP contribution < -0.4 is 4.90 Å². The predicted octanol–water partition coefficient (Wildman–Crippen LogP) is 3.06. The molecule has 1 aromatic heterocycles. The molecule has 0 bridgehead atoms. The lowest BCUT2D eigenvalue weighted by Gasteiger charge is -2.29. The summed E-state index contributed by atoms with van der Waals surface area (Å²) in [4.78, 5) is 9.40. The van der Waals surface area contributed by atoms with Crippen LogP contribution in [0.3, 0.4) is 0 Å². The average Bonchev–Trinajstić information content (AvgIpc) is 2.29. The van der Waals surface area contributed by atoms with Gasteiger partial charge in [0.1, 0.15) is 17.3 Å². The van der Waals surface area contributed by atoms with Crippen LogP contribution in [0.4, 0.5) is 14.6 Å². The monoisotopic (exact) mass is 247 g/mol. The van der Waals surface area contributed by atoms with Crippen molar-refractivity contribution in [1.82, 2.24) is 9.97 Å². The molecule has 0 aromatic carbocycles. The molecule has 1 fully saturated rings. The van der Waals surface area contributed by atoms with Gasteiger partial charge in [-0.25, -0.2) is 18.7 Å². The maximum absolute atomic E-state index is 12.9. The molecule has 0 spiro atoms. The van der Waals surface area contributed by atoms with Crippen LogP contribution in [-0.2, 0) is 0 Å². The van der Waals surface area contributed by atoms with E-state index in [1.807, 2.05) is 4.90 Å². The Bertz CT molecular complexity index is 367. The van der Waals surface area contributed by atoms with Crippen molar-refractivity contribution in [2.45, 2.75) is 25.7 Å². The zero-order chi connectivity index (χ0) is 11.5. The first kappa shape index (κ1) is 11.5. The van der Waals surface area contributed by atoms with Crippen LogP contribution >= 0.6 is 11.6 Å². The standard InChI is InChI=1S/C10H12ClF2N3/c11-8-7(9(12)13)10(15-6-14-8)16-4-2-1-3-5-16/h6,9H,1-5H2. The number of anilines is 1. The first-order valence-electron chi connectivity index (χ1n) is 5.23. The Morgan fingerprint density at radius 3 is 2.50 bits per heavy atom. The minimum absolute atomic E-state index is 0.148. The molecular weight excluding hydrogens is 236 g/mol. The molecule has 6 heteroatoms. The summed E-state index contributed by atoms with van der Waals surface area (Å²) >= 11 is 5.69. The van der Waals surface area contributed by atoms with Crippen LogP contribution in [0.1, 0.15) is 31.3 Å². The highest BCUT2D eigenvalue weighted by Gasteiger charge is 2.24. The number of nitrogens with zero attached hydrogens (tertiary/aromatic N) is 3. The second-order valence-corrected chi connectivity index (χ2v) is 4.11. The fraction of sp³-hybridized carbons (Fsp3) is 0.600. The van der Waals surface area contributed by atoms with Crippen molar-refractivity contribution in [1.29, 1.82) is 0 Å². The number of rotatable bonds is 2. The van der Waals surface area contributed by atoms with Crippen LogP contribution in [0.5, 0.6) is 0 Å². The van der Waals surface area contributed by atoms with E-state index < -0.39 is 6.43 Å². The molecule has 0 radical (unpaired) electrons. The molecule has 0 unspecified atom stereocenters. The van der Waals surface area contributed by atoms with Gasteiger partial charge in [-0.15, -0.1) is 0 Å². The Morgan fingerprint density at radius 1 is 1.19 bits per heavy atom. The minimum atomic E-state index is -2.63. The van der Waals surface area contributed by atoms with Crippen molar-refractivity contribution in [2.24, 2.45) is 0 Å². The highest BCUT2D eigenvalue weighted by Crippen LogP contribution is 2.33. The molecule has 2 heterocycles. The topological polar surface area (TPSA) is 29.0 Å². The lowest BCUT2D eigenvalue weighted by atomic mass is 10.1. The van der Waals surface area contributed by atoms with Crippen molar-refractivity contribution in [3.63, 3.8) is 0 Å². The van der Waals surface area contributed by atoms with Gasteiger partial charge < -0.3 is 4.90 Å². The van der Waals surface area contributed by atoms with Crippen molar-refractivity contribution in [3.8, 4) is 0 Å². The van der Waals surface area contributed by atoms with E-state index >= 15 is 0 Å². The molecule has 88 valence electrons. The van der Waals surface area contributed by atoms with E-state index in [-0.39, 0.29) is 16.5 Å². The Labute approximate surface area is 97.4 Å². The second-order valence-electron chi connectivity index (χ2n) is 3.75. The summed E-state index contributed by atoms with van der Waals surface area (Å²) in [7, 11) is 0. The predicted molar refractivity (Wildman–Crippen MR) is 58.1 cm³/mol. The Balaban J connectivity index is 2.34. The Kier molecular flexibility index (Phi) is 3.53. The van der Waals surface area contributed by atoms with Crippen LogP contribution in [0.2, 0.25) is 5.15 Å². The van der Waals surface area contributed by atoms with Crippen molar-refractivity contribution < 1.29 is 8.78 Å². The van der Waals surface area contributed by atoms with Crippen LogP contribution in [0.25, 0.3) is 0 Å². The summed E-state index contributed by atoms with van der Waals surface area (Å²) < 4.78 is 25.7. The van der Waals surface area contributed by atoms with Crippen LogP contribution in [0, 0.1) is 0 Å². The van der Waals surface area contributed by atoms with Crippen molar-refractivity contribution in [3.05, 3.63) is 17.0 Å². The molecule has 1 aromatic rings. The summed E-state index contributed by atoms with van der Waals surface area (Å²) in [6.07, 6.45) is 1.75. The number of piperidine rings is 1. The fourth-order valence-corrected chi connectivity index (χ4v) is 2.12. The van der Waals surface area contributed by atoms with E-state index in [9.17, 15) is 8.78 Å². The van der Waals surface area contributed by atoms with Crippen LogP contribution in [0.15, 0.2) is 6.33 Å². The zero-order valence-corrected chi connectivity index (χ0v) is 9.42. The summed E-state index contributed by atoms with van der Waals surface area (Å²) in [6, 6.07) is 0. The lowest BCUT2D eigenvalue weighted by Crippen LogP contribution is -2.31. The quantitative estimate of drug-likeness (QED) is 0.752. The molecule has 0 saturated carbocycles. The van der Waals surface area contributed by atoms with Crippen LogP contribution in [-0.4, -0.2) is 23.1 Å². The van der Waals surface area contributed by atoms with Gasteiger partial charge >= 0.3 is 0 Å². The largest absolute Gasteiger partial charge is 0.356 e. The molecule has 0 N–H and O–H groups in total. The third kappa shape index (κ3) is 2.24. The molecular formula is C10H12ClF2N3. The molecule has 1 aliphatic heterocycles. The normalized spacial score (nSPS) is 16.9. The molecule has 0 atom stereocenters. The number of aromatic nitrogens is 2. The third-order valence-electron chi connectivity index (χ3n) is 2.69. The van der Waals surface area contributed by atoms with E-state index in [2.05, 4.69) is 9.97 Å². The van der Waals surface area contributed by atoms with Gasteiger partial charge in [0.05, 0.1) is 5.56 Å². The lowest BCUT2D eigenvalue weighted by molar-refractivity contribution is 0.151. The zero-order valence-electron chi connectivity index (χ0n) is 8.67. The van der Waals surface area contributed by atoms with Gasteiger partial charge in [0.2, 0.25) is 0 Å². The van der Waals surface area contributed by atoms with E-state index in [0.29, 0.717) is 0 Å². The highest BCUT2D eigenvalue weighted by atomic mass is 35.5. The number of hydrogen-bond acceptors (Lipinski definition) is 3. The highest BCUT2D eigenvalue weighted by molar-refractivity contribution is 6.30. The second kappa shape index (κ2) is 4.91. The van der Waals surface area contributed by atoms with Gasteiger partial charge in [-0.05, 0) is 19.3 Å². The maximum Gasteiger partial charge on any atom is 0.270 e. The molecule has 16 heavy (non-hydrogen) atoms. The molecule has 0 amide bonds. The van der Waals surface area contributed by atoms with E-state index in [4.69, 9.17) is 11.6 Å². The van der Waals surface area contributed by atoms with E-state index in [1.54, 1.807) is 0 Å². The van der Waals surface area contributed by atoms with Gasteiger partial charge in [-0.2, -0.15) is 0 Å². The van der Waals surface area contributed by atoms with E-state index in [0.717, 1.165) is 32.4 Å². The first-order valence-corrected chi connectivity index (χ1v) is 5.61. The van der Waals surface area contributed by atoms with Gasteiger partial charge in [0.15, 0.2) is 0 Å². The summed E-state index contributed by atoms with van der Waals surface area (Å²) in [6.45, 7) is 1.51. The summed E-state index contributed by atoms with van der Waals surface area (Å²) in [5.41, 5.74) is -0.244. The van der Waals surface area contributed by atoms with Gasteiger partial charge in [0.25, 0.3) is 6.43 Å². The number of hydrogen-bond donors (Lipinski definition) is 0. The Morgan fingerprint density at radius 2 is 1.88 bits per heavy atom. The third-order valence-corrected chi connectivity index (χ3v) is 2.99. The molecule has 1 saturated heterocycles. The van der Waals surface area contributed by atoms with E-state index in [1.165, 1.54) is 6.33 Å². The number of alkyl halides is 2. The Hall–Kier alpha value is -0.970. The summed E-state index contributed by atoms with van der Waals surface area (Å²) in [5.74, 6) is 0.287. The van der Waals surface area contributed by atoms with Crippen molar-refractivity contribution >= 4 is 17.4 Å². The van der Waals surface area contributed by atoms with Crippen molar-refractivity contribution in [2.75, 3.05) is 18.0 Å². The smallest absolute Gasteiger partial charge is 0.270 e. The SMILES string of the molecule is FC(F)c1c(Cl)ncnc1N1CCCCC1. The first-order chi connectivity index (χ1) is 7.70. The fourth-order valence-electron chi connectivity index (χ4n) is 1.91.